The molecule has 0 radical (unpaired) electrons. The van der Waals surface area contributed by atoms with Gasteiger partial charge in [0.2, 0.25) is 0 Å². The van der Waals surface area contributed by atoms with Crippen molar-refractivity contribution >= 4 is 17.3 Å². The maximum atomic E-state index is 5.02. The smallest absolute Gasteiger partial charge is 0.193 e. The van der Waals surface area contributed by atoms with Crippen molar-refractivity contribution in [3.63, 3.8) is 0 Å². The molecule has 3 heterocycles. The molecule has 3 rings (SSSR count). The van der Waals surface area contributed by atoms with Gasteiger partial charge < -0.3 is 10.2 Å². The lowest BCUT2D eigenvalue weighted by Gasteiger charge is -2.32. The number of piperidine rings is 1. The molecule has 2 aliphatic heterocycles. The Morgan fingerprint density at radius 3 is 2.96 bits per heavy atom. The third-order valence-electron chi connectivity index (χ3n) is 5.37. The first-order valence-corrected chi connectivity index (χ1v) is 10.7. The zero-order chi connectivity index (χ0) is 17.7. The van der Waals surface area contributed by atoms with Gasteiger partial charge in [-0.05, 0) is 55.5 Å². The summed E-state index contributed by atoms with van der Waals surface area (Å²) in [6.45, 7) is 14.6. The van der Waals surface area contributed by atoms with Crippen molar-refractivity contribution in [2.24, 2.45) is 16.3 Å². The quantitative estimate of drug-likeness (QED) is 0.641. The highest BCUT2D eigenvalue weighted by atomic mass is 32.1. The molecule has 1 N–H and O–H groups in total. The second-order valence-electron chi connectivity index (χ2n) is 8.35. The summed E-state index contributed by atoms with van der Waals surface area (Å²) < 4.78 is 0. The normalized spacial score (nSPS) is 24.7. The third-order valence-corrected chi connectivity index (χ3v) is 6.23. The minimum Gasteiger partial charge on any atom is -0.357 e. The van der Waals surface area contributed by atoms with Gasteiger partial charge in [0, 0.05) is 44.1 Å². The predicted molar refractivity (Wildman–Crippen MR) is 108 cm³/mol. The van der Waals surface area contributed by atoms with Crippen LogP contribution in [0.2, 0.25) is 0 Å². The fourth-order valence-corrected chi connectivity index (χ4v) is 4.75. The fraction of sp³-hybridized carbons (Fsp3) is 0.750. The first-order valence-electron chi connectivity index (χ1n) is 9.84. The van der Waals surface area contributed by atoms with Crippen LogP contribution in [0.3, 0.4) is 0 Å². The Labute approximate surface area is 157 Å². The number of thiophene rings is 1. The van der Waals surface area contributed by atoms with Crippen LogP contribution in [0.5, 0.6) is 0 Å². The minimum atomic E-state index is 0.415. The highest BCUT2D eigenvalue weighted by molar-refractivity contribution is 7.09. The average Bonchev–Trinajstić information content (AvgIpc) is 3.21. The molecule has 5 heteroatoms. The molecule has 1 aromatic rings. The number of guanidine groups is 1. The van der Waals surface area contributed by atoms with Crippen molar-refractivity contribution in [3.8, 4) is 0 Å². The van der Waals surface area contributed by atoms with Gasteiger partial charge in [-0.15, -0.1) is 11.3 Å². The summed E-state index contributed by atoms with van der Waals surface area (Å²) in [6.07, 6.45) is 3.88. The molecule has 0 aliphatic carbocycles. The summed E-state index contributed by atoms with van der Waals surface area (Å²) in [5.74, 6) is 1.82. The molecular weight excluding hydrogens is 328 g/mol. The molecule has 0 saturated carbocycles. The standard InChI is InChI=1S/C20H34N4S/c1-4-21-19(24-11-9-20(2,3)16-24)22-13-17-7-5-10-23(14-17)15-18-8-6-12-25-18/h6,8,12,17H,4-5,7,9-11,13-16H2,1-3H3,(H,21,22). The maximum Gasteiger partial charge on any atom is 0.193 e. The molecule has 25 heavy (non-hydrogen) atoms. The molecule has 2 fully saturated rings. The Morgan fingerprint density at radius 2 is 2.28 bits per heavy atom. The number of nitrogens with zero attached hydrogens (tertiary/aromatic N) is 3. The van der Waals surface area contributed by atoms with Gasteiger partial charge in [0.25, 0.3) is 0 Å². The van der Waals surface area contributed by atoms with E-state index in [-0.39, 0.29) is 0 Å². The molecule has 2 aliphatic rings. The van der Waals surface area contributed by atoms with Crippen LogP contribution in [0.4, 0.5) is 0 Å². The molecule has 0 amide bonds. The van der Waals surface area contributed by atoms with Crippen LogP contribution in [0, 0.1) is 11.3 Å². The van der Waals surface area contributed by atoms with E-state index in [4.69, 9.17) is 4.99 Å². The number of hydrogen-bond donors (Lipinski definition) is 1. The molecule has 0 bridgehead atoms. The van der Waals surface area contributed by atoms with E-state index >= 15 is 0 Å². The largest absolute Gasteiger partial charge is 0.357 e. The zero-order valence-electron chi connectivity index (χ0n) is 16.1. The summed E-state index contributed by atoms with van der Waals surface area (Å²) in [4.78, 5) is 11.6. The summed E-state index contributed by atoms with van der Waals surface area (Å²) in [5, 5.41) is 5.70. The minimum absolute atomic E-state index is 0.415. The zero-order valence-corrected chi connectivity index (χ0v) is 16.9. The number of hydrogen-bond acceptors (Lipinski definition) is 3. The second-order valence-corrected chi connectivity index (χ2v) is 9.39. The van der Waals surface area contributed by atoms with E-state index in [1.54, 1.807) is 0 Å². The number of nitrogens with one attached hydrogen (secondary N) is 1. The Morgan fingerprint density at radius 1 is 1.40 bits per heavy atom. The molecule has 1 aromatic heterocycles. The van der Waals surface area contributed by atoms with Crippen molar-refractivity contribution < 1.29 is 0 Å². The van der Waals surface area contributed by atoms with Crippen LogP contribution in [-0.4, -0.2) is 55.0 Å². The molecule has 0 aromatic carbocycles. The molecule has 0 spiro atoms. The average molecular weight is 363 g/mol. The molecule has 2 saturated heterocycles. The van der Waals surface area contributed by atoms with E-state index in [1.807, 2.05) is 11.3 Å². The van der Waals surface area contributed by atoms with Gasteiger partial charge in [-0.1, -0.05) is 19.9 Å². The molecule has 1 atom stereocenters. The van der Waals surface area contributed by atoms with E-state index in [0.717, 1.165) is 38.7 Å². The van der Waals surface area contributed by atoms with Gasteiger partial charge >= 0.3 is 0 Å². The van der Waals surface area contributed by atoms with Gasteiger partial charge in [-0.3, -0.25) is 9.89 Å². The van der Waals surface area contributed by atoms with E-state index < -0.39 is 0 Å². The monoisotopic (exact) mass is 362 g/mol. The lowest BCUT2D eigenvalue weighted by atomic mass is 9.93. The van der Waals surface area contributed by atoms with Crippen LogP contribution in [0.1, 0.15) is 44.9 Å². The summed E-state index contributed by atoms with van der Waals surface area (Å²) >= 11 is 1.87. The van der Waals surface area contributed by atoms with E-state index in [2.05, 4.69) is 53.4 Å². The number of likely N-dealkylation sites (tertiary alicyclic amines) is 2. The van der Waals surface area contributed by atoms with Crippen molar-refractivity contribution in [3.05, 3.63) is 22.4 Å². The van der Waals surface area contributed by atoms with Crippen LogP contribution in [-0.2, 0) is 6.54 Å². The van der Waals surface area contributed by atoms with Gasteiger partial charge in [0.15, 0.2) is 5.96 Å². The summed E-state index contributed by atoms with van der Waals surface area (Å²) in [7, 11) is 0. The van der Waals surface area contributed by atoms with Crippen molar-refractivity contribution in [2.45, 2.75) is 46.6 Å². The number of rotatable bonds is 5. The van der Waals surface area contributed by atoms with Crippen molar-refractivity contribution in [2.75, 3.05) is 39.3 Å². The van der Waals surface area contributed by atoms with E-state index in [9.17, 15) is 0 Å². The fourth-order valence-electron chi connectivity index (χ4n) is 4.00. The third kappa shape index (κ3) is 5.45. The Bertz CT molecular complexity index is 552. The van der Waals surface area contributed by atoms with Gasteiger partial charge in [0.1, 0.15) is 0 Å². The van der Waals surface area contributed by atoms with E-state index in [0.29, 0.717) is 11.3 Å². The SMILES string of the molecule is CCNC(=NCC1CCCN(Cc2cccs2)C1)N1CCC(C)(C)C1. The van der Waals surface area contributed by atoms with Crippen LogP contribution < -0.4 is 5.32 Å². The van der Waals surface area contributed by atoms with Crippen LogP contribution in [0.25, 0.3) is 0 Å². The maximum absolute atomic E-state index is 5.02. The first kappa shape index (κ1) is 18.7. The molecular formula is C20H34N4S. The highest BCUT2D eigenvalue weighted by Crippen LogP contribution is 2.29. The van der Waals surface area contributed by atoms with Crippen LogP contribution >= 0.6 is 11.3 Å². The van der Waals surface area contributed by atoms with Gasteiger partial charge in [0.05, 0.1) is 0 Å². The van der Waals surface area contributed by atoms with Gasteiger partial charge in [-0.2, -0.15) is 0 Å². The lowest BCUT2D eigenvalue weighted by molar-refractivity contribution is 0.172. The molecule has 140 valence electrons. The van der Waals surface area contributed by atoms with Gasteiger partial charge in [-0.25, -0.2) is 0 Å². The topological polar surface area (TPSA) is 30.9 Å². The Kier molecular flexibility index (Phi) is 6.39. The number of aliphatic imine (C=N–C) groups is 1. The summed E-state index contributed by atoms with van der Waals surface area (Å²) in [6, 6.07) is 4.41. The van der Waals surface area contributed by atoms with Crippen LogP contribution in [0.15, 0.2) is 22.5 Å². The molecule has 4 nitrogen and oxygen atoms in total. The lowest BCUT2D eigenvalue weighted by Crippen LogP contribution is -2.42. The van der Waals surface area contributed by atoms with Crippen molar-refractivity contribution in [1.29, 1.82) is 0 Å². The highest BCUT2D eigenvalue weighted by Gasteiger charge is 2.31. The second kappa shape index (κ2) is 8.54. The van der Waals surface area contributed by atoms with Crippen molar-refractivity contribution in [1.82, 2.24) is 15.1 Å². The summed E-state index contributed by atoms with van der Waals surface area (Å²) in [5.41, 5.74) is 0.415. The Balaban J connectivity index is 1.54. The molecule has 1 unspecified atom stereocenters. The Hall–Kier alpha value is -1.07. The predicted octanol–water partition coefficient (Wildman–Crippen LogP) is 3.66. The van der Waals surface area contributed by atoms with E-state index in [1.165, 1.54) is 37.2 Å². The first-order chi connectivity index (χ1) is 12.1.